The van der Waals surface area contributed by atoms with Crippen LogP contribution >= 0.6 is 0 Å². The molecular weight excluding hydrogens is 282 g/mol. The molecule has 2 atom stereocenters. The lowest BCUT2D eigenvalue weighted by Crippen LogP contribution is -2.26. The molecule has 0 unspecified atom stereocenters. The van der Waals surface area contributed by atoms with Crippen molar-refractivity contribution in [2.24, 2.45) is 11.8 Å². The van der Waals surface area contributed by atoms with E-state index < -0.39 is 11.9 Å². The largest absolute Gasteiger partial charge is 0.495 e. The number of carbonyl (C=O) groups excluding carboxylic acids is 1. The Morgan fingerprint density at radius 3 is 2.59 bits per heavy atom. The first-order valence-electron chi connectivity index (χ1n) is 7.65. The van der Waals surface area contributed by atoms with E-state index in [9.17, 15) is 14.7 Å². The van der Waals surface area contributed by atoms with E-state index in [1.54, 1.807) is 19.2 Å². The summed E-state index contributed by atoms with van der Waals surface area (Å²) in [4.78, 5) is 23.5. The smallest absolute Gasteiger partial charge is 0.306 e. The molecule has 1 rings (SSSR count). The Balaban J connectivity index is 2.64. The van der Waals surface area contributed by atoms with Crippen LogP contribution in [0.25, 0.3) is 0 Å². The zero-order valence-corrected chi connectivity index (χ0v) is 13.5. The van der Waals surface area contributed by atoms with Gasteiger partial charge in [0.05, 0.1) is 18.7 Å². The molecule has 0 aliphatic rings. The van der Waals surface area contributed by atoms with Gasteiger partial charge in [-0.05, 0) is 24.5 Å². The molecule has 0 heterocycles. The van der Waals surface area contributed by atoms with Crippen molar-refractivity contribution in [3.63, 3.8) is 0 Å². The van der Waals surface area contributed by atoms with Gasteiger partial charge in [0.2, 0.25) is 5.91 Å². The molecule has 5 heteroatoms. The summed E-state index contributed by atoms with van der Waals surface area (Å²) in [7, 11) is 1.54. The number of carboxylic acids is 1. The fourth-order valence-corrected chi connectivity index (χ4v) is 2.46. The second-order valence-electron chi connectivity index (χ2n) is 5.52. The highest BCUT2D eigenvalue weighted by Gasteiger charge is 2.26. The average molecular weight is 307 g/mol. The summed E-state index contributed by atoms with van der Waals surface area (Å²) in [5.41, 5.74) is 0.600. The average Bonchev–Trinajstić information content (AvgIpc) is 2.47. The Morgan fingerprint density at radius 1 is 1.32 bits per heavy atom. The number of para-hydroxylation sites is 2. The number of anilines is 1. The molecule has 0 saturated carbocycles. The topological polar surface area (TPSA) is 75.6 Å². The standard InChI is InChI=1S/C17H25NO4/c1-4-5-8-13(17(20)21)12(2)11-16(19)18-14-9-6-7-10-15(14)22-3/h6-7,9-10,12-13H,4-5,8,11H2,1-3H3,(H,18,19)(H,20,21)/t12-,13+/m0/s1. The van der Waals surface area contributed by atoms with Crippen molar-refractivity contribution < 1.29 is 19.4 Å². The fourth-order valence-electron chi connectivity index (χ4n) is 2.46. The molecule has 1 aromatic carbocycles. The molecule has 1 aromatic rings. The first-order chi connectivity index (χ1) is 10.5. The van der Waals surface area contributed by atoms with Gasteiger partial charge in [0, 0.05) is 6.42 Å². The van der Waals surface area contributed by atoms with Gasteiger partial charge in [-0.3, -0.25) is 9.59 Å². The predicted molar refractivity (Wildman–Crippen MR) is 86.1 cm³/mol. The number of nitrogens with one attached hydrogen (secondary N) is 1. The zero-order valence-electron chi connectivity index (χ0n) is 13.5. The Morgan fingerprint density at radius 2 is 2.00 bits per heavy atom. The maximum absolute atomic E-state index is 12.1. The number of aliphatic carboxylic acids is 1. The van der Waals surface area contributed by atoms with Crippen LogP contribution in [0.1, 0.15) is 39.5 Å². The molecule has 0 radical (unpaired) electrons. The Bertz CT molecular complexity index is 501. The Labute approximate surface area is 131 Å². The number of carboxylic acid groups (broad SMARTS) is 1. The van der Waals surface area contributed by atoms with Gasteiger partial charge < -0.3 is 15.2 Å². The lowest BCUT2D eigenvalue weighted by molar-refractivity contribution is -0.144. The SMILES string of the molecule is CCCC[C@@H](C(=O)O)[C@@H](C)CC(=O)Nc1ccccc1OC. The summed E-state index contributed by atoms with van der Waals surface area (Å²) < 4.78 is 5.18. The van der Waals surface area contributed by atoms with Gasteiger partial charge in [0.1, 0.15) is 5.75 Å². The number of carbonyl (C=O) groups is 2. The van der Waals surface area contributed by atoms with Crippen LogP contribution in [0.15, 0.2) is 24.3 Å². The molecule has 0 saturated heterocycles. The van der Waals surface area contributed by atoms with E-state index in [4.69, 9.17) is 4.74 Å². The first kappa shape index (κ1) is 18.0. The minimum atomic E-state index is -0.828. The molecule has 0 aliphatic heterocycles. The Kier molecular flexibility index (Phi) is 7.43. The van der Waals surface area contributed by atoms with E-state index >= 15 is 0 Å². The first-order valence-corrected chi connectivity index (χ1v) is 7.65. The molecule has 1 amide bonds. The van der Waals surface area contributed by atoms with Crippen LogP contribution in [0.5, 0.6) is 5.75 Å². The van der Waals surface area contributed by atoms with Crippen LogP contribution in [-0.4, -0.2) is 24.1 Å². The van der Waals surface area contributed by atoms with Gasteiger partial charge in [-0.2, -0.15) is 0 Å². The van der Waals surface area contributed by atoms with E-state index in [1.165, 1.54) is 0 Å². The fraction of sp³-hybridized carbons (Fsp3) is 0.529. The van der Waals surface area contributed by atoms with Gasteiger partial charge in [-0.25, -0.2) is 0 Å². The third-order valence-electron chi connectivity index (χ3n) is 3.76. The van der Waals surface area contributed by atoms with Gasteiger partial charge in [-0.1, -0.05) is 38.8 Å². The molecule has 2 N–H and O–H groups in total. The van der Waals surface area contributed by atoms with E-state index in [0.29, 0.717) is 17.9 Å². The molecule has 0 spiro atoms. The van der Waals surface area contributed by atoms with Crippen molar-refractivity contribution in [2.75, 3.05) is 12.4 Å². The number of hydrogen-bond acceptors (Lipinski definition) is 3. The third kappa shape index (κ3) is 5.39. The van der Waals surface area contributed by atoms with Gasteiger partial charge in [0.25, 0.3) is 0 Å². The summed E-state index contributed by atoms with van der Waals surface area (Å²) in [5, 5.41) is 12.1. The van der Waals surface area contributed by atoms with Crippen molar-refractivity contribution in [3.05, 3.63) is 24.3 Å². The van der Waals surface area contributed by atoms with Crippen LogP contribution < -0.4 is 10.1 Å². The summed E-state index contributed by atoms with van der Waals surface area (Å²) >= 11 is 0. The number of methoxy groups -OCH3 is 1. The number of amides is 1. The molecular formula is C17H25NO4. The summed E-state index contributed by atoms with van der Waals surface area (Å²) in [5.74, 6) is -1.13. The highest BCUT2D eigenvalue weighted by molar-refractivity contribution is 5.92. The maximum atomic E-state index is 12.1. The normalized spacial score (nSPS) is 13.2. The van der Waals surface area contributed by atoms with E-state index in [0.717, 1.165) is 12.8 Å². The quantitative estimate of drug-likeness (QED) is 0.731. The second-order valence-corrected chi connectivity index (χ2v) is 5.52. The van der Waals surface area contributed by atoms with Crippen molar-refractivity contribution in [2.45, 2.75) is 39.5 Å². The zero-order chi connectivity index (χ0) is 16.5. The molecule has 0 fully saturated rings. The van der Waals surface area contributed by atoms with E-state index in [2.05, 4.69) is 5.32 Å². The molecule has 0 aromatic heterocycles. The summed E-state index contributed by atoms with van der Waals surface area (Å²) in [6.45, 7) is 3.84. The number of rotatable bonds is 9. The van der Waals surface area contributed by atoms with Crippen molar-refractivity contribution in [1.29, 1.82) is 0 Å². The van der Waals surface area contributed by atoms with Crippen LogP contribution in [0.3, 0.4) is 0 Å². The summed E-state index contributed by atoms with van der Waals surface area (Å²) in [6.07, 6.45) is 2.59. The monoisotopic (exact) mass is 307 g/mol. The summed E-state index contributed by atoms with van der Waals surface area (Å²) in [6, 6.07) is 7.15. The van der Waals surface area contributed by atoms with E-state index in [-0.39, 0.29) is 18.2 Å². The van der Waals surface area contributed by atoms with Crippen LogP contribution in [-0.2, 0) is 9.59 Å². The van der Waals surface area contributed by atoms with Crippen LogP contribution in [0.4, 0.5) is 5.69 Å². The maximum Gasteiger partial charge on any atom is 0.306 e. The van der Waals surface area contributed by atoms with E-state index in [1.807, 2.05) is 26.0 Å². The second kappa shape index (κ2) is 9.07. The minimum Gasteiger partial charge on any atom is -0.495 e. The predicted octanol–water partition coefficient (Wildman–Crippen LogP) is 3.55. The van der Waals surface area contributed by atoms with Crippen molar-refractivity contribution in [3.8, 4) is 5.75 Å². The number of unbranched alkanes of at least 4 members (excludes halogenated alkanes) is 1. The number of hydrogen-bond donors (Lipinski definition) is 2. The third-order valence-corrected chi connectivity index (χ3v) is 3.76. The lowest BCUT2D eigenvalue weighted by Gasteiger charge is -2.20. The van der Waals surface area contributed by atoms with Gasteiger partial charge in [-0.15, -0.1) is 0 Å². The Hall–Kier alpha value is -2.04. The van der Waals surface area contributed by atoms with Crippen molar-refractivity contribution in [1.82, 2.24) is 0 Å². The molecule has 0 aliphatic carbocycles. The lowest BCUT2D eigenvalue weighted by atomic mass is 9.87. The van der Waals surface area contributed by atoms with Crippen LogP contribution in [0.2, 0.25) is 0 Å². The van der Waals surface area contributed by atoms with Gasteiger partial charge in [0.15, 0.2) is 0 Å². The number of benzene rings is 1. The van der Waals surface area contributed by atoms with Gasteiger partial charge >= 0.3 is 5.97 Å². The van der Waals surface area contributed by atoms with Crippen LogP contribution in [0, 0.1) is 11.8 Å². The van der Waals surface area contributed by atoms with Crippen molar-refractivity contribution >= 4 is 17.6 Å². The molecule has 22 heavy (non-hydrogen) atoms. The molecule has 5 nitrogen and oxygen atoms in total. The molecule has 122 valence electrons. The molecule has 0 bridgehead atoms. The highest BCUT2D eigenvalue weighted by atomic mass is 16.5. The highest BCUT2D eigenvalue weighted by Crippen LogP contribution is 2.26. The minimum absolute atomic E-state index is 0.179. The number of ether oxygens (including phenoxy) is 1.